The number of rotatable bonds is 7. The largest absolute Gasteiger partial charge is 0.497 e. The fraction of sp³-hybridized carbons (Fsp3) is 0.115. The number of carbonyl (C=O) groups excluding carboxylic acids is 1. The van der Waals surface area contributed by atoms with Crippen LogP contribution in [0, 0.1) is 0 Å². The van der Waals surface area contributed by atoms with Crippen molar-refractivity contribution in [2.24, 2.45) is 0 Å². The topological polar surface area (TPSA) is 54.0 Å². The quantitative estimate of drug-likeness (QED) is 0.297. The Kier molecular flexibility index (Phi) is 6.61. The van der Waals surface area contributed by atoms with E-state index >= 15 is 0 Å². The molecule has 0 saturated carbocycles. The first-order valence-corrected chi connectivity index (χ1v) is 10.7. The van der Waals surface area contributed by atoms with Crippen LogP contribution in [0.5, 0.6) is 17.2 Å². The zero-order valence-corrected chi connectivity index (χ0v) is 19.2. The number of methoxy groups -OCH3 is 2. The first-order valence-electron chi connectivity index (χ1n) is 9.91. The Labute approximate surface area is 195 Å². The van der Waals surface area contributed by atoms with E-state index < -0.39 is 5.97 Å². The Morgan fingerprint density at radius 2 is 1.72 bits per heavy atom. The van der Waals surface area contributed by atoms with Gasteiger partial charge in [0.15, 0.2) is 11.5 Å². The van der Waals surface area contributed by atoms with E-state index in [9.17, 15) is 4.79 Å². The van der Waals surface area contributed by atoms with E-state index in [1.54, 1.807) is 26.4 Å². The van der Waals surface area contributed by atoms with Crippen LogP contribution in [0.1, 0.15) is 16.7 Å². The molecule has 0 unspecified atom stereocenters. The number of halogens is 1. The summed E-state index contributed by atoms with van der Waals surface area (Å²) in [6.45, 7) is 0.413. The lowest BCUT2D eigenvalue weighted by Crippen LogP contribution is -2.00. The molecular weight excluding hydrogens is 472 g/mol. The molecule has 32 heavy (non-hydrogen) atoms. The van der Waals surface area contributed by atoms with Gasteiger partial charge in [-0.25, -0.2) is 4.79 Å². The lowest BCUT2D eigenvalue weighted by molar-refractivity contribution is -0.130. The number of cyclic esters (lactones) is 1. The van der Waals surface area contributed by atoms with Gasteiger partial charge in [-0.3, -0.25) is 0 Å². The van der Waals surface area contributed by atoms with Crippen molar-refractivity contribution in [2.75, 3.05) is 14.2 Å². The van der Waals surface area contributed by atoms with Crippen LogP contribution in [0.25, 0.3) is 11.8 Å². The van der Waals surface area contributed by atoms with Gasteiger partial charge in [0.05, 0.1) is 24.3 Å². The Morgan fingerprint density at radius 1 is 0.969 bits per heavy atom. The molecule has 0 radical (unpaired) electrons. The average molecular weight is 493 g/mol. The minimum Gasteiger partial charge on any atom is -0.497 e. The van der Waals surface area contributed by atoms with Crippen molar-refractivity contribution in [1.82, 2.24) is 0 Å². The third kappa shape index (κ3) is 4.86. The molecule has 1 aliphatic heterocycles. The molecule has 3 aromatic rings. The molecule has 3 aromatic carbocycles. The Bertz CT molecular complexity index is 1180. The average Bonchev–Trinajstić information content (AvgIpc) is 3.18. The van der Waals surface area contributed by atoms with Crippen molar-refractivity contribution in [3.8, 4) is 17.2 Å². The fourth-order valence-corrected chi connectivity index (χ4v) is 3.83. The summed E-state index contributed by atoms with van der Waals surface area (Å²) in [6, 6.07) is 20.9. The number of hydrogen-bond donors (Lipinski definition) is 0. The summed E-state index contributed by atoms with van der Waals surface area (Å²) in [7, 11) is 3.19. The van der Waals surface area contributed by atoms with Crippen LogP contribution in [-0.2, 0) is 16.1 Å². The van der Waals surface area contributed by atoms with Gasteiger partial charge in [-0.1, -0.05) is 30.3 Å². The van der Waals surface area contributed by atoms with Crippen LogP contribution in [0.2, 0.25) is 0 Å². The summed E-state index contributed by atoms with van der Waals surface area (Å²) in [5.74, 6) is 1.99. The molecule has 1 aliphatic rings. The van der Waals surface area contributed by atoms with E-state index in [0.717, 1.165) is 26.9 Å². The second-order valence-electron chi connectivity index (χ2n) is 7.03. The van der Waals surface area contributed by atoms with Crippen molar-refractivity contribution in [2.45, 2.75) is 6.61 Å². The van der Waals surface area contributed by atoms with Crippen molar-refractivity contribution in [3.63, 3.8) is 0 Å². The molecule has 1 heterocycles. The fourth-order valence-electron chi connectivity index (χ4n) is 3.26. The van der Waals surface area contributed by atoms with Gasteiger partial charge in [0.1, 0.15) is 18.1 Å². The predicted molar refractivity (Wildman–Crippen MR) is 127 cm³/mol. The Morgan fingerprint density at radius 3 is 2.41 bits per heavy atom. The maximum absolute atomic E-state index is 12.4. The molecule has 0 aromatic heterocycles. The number of esters is 1. The third-order valence-electron chi connectivity index (χ3n) is 4.90. The number of hydrogen-bond acceptors (Lipinski definition) is 5. The highest BCUT2D eigenvalue weighted by molar-refractivity contribution is 9.10. The van der Waals surface area contributed by atoms with Gasteiger partial charge in [0.25, 0.3) is 0 Å². The highest BCUT2D eigenvalue weighted by Gasteiger charge is 2.22. The van der Waals surface area contributed by atoms with Crippen LogP contribution >= 0.6 is 15.9 Å². The first kappa shape index (κ1) is 21.7. The number of benzene rings is 3. The molecule has 0 saturated heterocycles. The molecule has 0 bridgehead atoms. The molecule has 5 nitrogen and oxygen atoms in total. The molecule has 0 fully saturated rings. The Hall–Kier alpha value is -3.51. The van der Waals surface area contributed by atoms with Gasteiger partial charge in [0, 0.05) is 5.56 Å². The van der Waals surface area contributed by atoms with Crippen molar-refractivity contribution in [1.29, 1.82) is 0 Å². The van der Waals surface area contributed by atoms with Gasteiger partial charge in [-0.15, -0.1) is 0 Å². The second-order valence-corrected chi connectivity index (χ2v) is 7.89. The molecule has 162 valence electrons. The summed E-state index contributed by atoms with van der Waals surface area (Å²) < 4.78 is 22.9. The lowest BCUT2D eigenvalue weighted by atomic mass is 10.1. The van der Waals surface area contributed by atoms with Gasteiger partial charge >= 0.3 is 5.97 Å². The van der Waals surface area contributed by atoms with E-state index in [4.69, 9.17) is 18.9 Å². The third-order valence-corrected chi connectivity index (χ3v) is 5.49. The molecule has 0 amide bonds. The minimum atomic E-state index is -0.407. The molecule has 0 aliphatic carbocycles. The van der Waals surface area contributed by atoms with Crippen LogP contribution in [0.3, 0.4) is 0 Å². The standard InChI is InChI=1S/C26H21BrO5/c1-29-21-10-8-19(9-11-21)23-15-20(26(28)32-23)12-18-13-22(27)25(24(14-18)30-2)31-16-17-6-4-3-5-7-17/h3-15H,16H2,1-2H3/b20-12+. The number of carbonyl (C=O) groups is 1. The minimum absolute atomic E-state index is 0.407. The molecule has 0 atom stereocenters. The molecule has 0 spiro atoms. The van der Waals surface area contributed by atoms with Crippen molar-refractivity contribution < 1.29 is 23.7 Å². The first-order chi connectivity index (χ1) is 15.6. The van der Waals surface area contributed by atoms with E-state index in [2.05, 4.69) is 15.9 Å². The highest BCUT2D eigenvalue weighted by Crippen LogP contribution is 2.38. The van der Waals surface area contributed by atoms with Crippen molar-refractivity contribution >= 4 is 33.7 Å². The smallest absolute Gasteiger partial charge is 0.343 e. The van der Waals surface area contributed by atoms with Gasteiger partial charge in [-0.2, -0.15) is 0 Å². The normalized spacial score (nSPS) is 14.2. The zero-order valence-electron chi connectivity index (χ0n) is 17.6. The molecule has 0 N–H and O–H groups in total. The second kappa shape index (κ2) is 9.75. The van der Waals surface area contributed by atoms with E-state index in [1.807, 2.05) is 66.7 Å². The van der Waals surface area contributed by atoms with E-state index in [-0.39, 0.29) is 0 Å². The summed E-state index contributed by atoms with van der Waals surface area (Å²) in [4.78, 5) is 12.4. The maximum atomic E-state index is 12.4. The van der Waals surface area contributed by atoms with Crippen LogP contribution in [0.4, 0.5) is 0 Å². The highest BCUT2D eigenvalue weighted by atomic mass is 79.9. The summed E-state index contributed by atoms with van der Waals surface area (Å²) in [5.41, 5.74) is 3.08. The van der Waals surface area contributed by atoms with Gasteiger partial charge in [-0.05, 0) is 75.6 Å². The summed E-state index contributed by atoms with van der Waals surface area (Å²) in [6.07, 6.45) is 3.48. The van der Waals surface area contributed by atoms with Gasteiger partial charge < -0.3 is 18.9 Å². The molecular formula is C26H21BrO5. The van der Waals surface area contributed by atoms with E-state index in [0.29, 0.717) is 29.4 Å². The monoisotopic (exact) mass is 492 g/mol. The van der Waals surface area contributed by atoms with Crippen molar-refractivity contribution in [3.05, 3.63) is 99.5 Å². The molecule has 4 rings (SSSR count). The Balaban J connectivity index is 1.58. The number of ether oxygens (including phenoxy) is 4. The SMILES string of the molecule is COc1ccc(C2=C/C(=C\c3cc(Br)c(OCc4ccccc4)c(OC)c3)C(=O)O2)cc1. The maximum Gasteiger partial charge on any atom is 0.343 e. The van der Waals surface area contributed by atoms with Crippen LogP contribution in [0.15, 0.2) is 82.9 Å². The van der Waals surface area contributed by atoms with Crippen LogP contribution < -0.4 is 14.2 Å². The lowest BCUT2D eigenvalue weighted by Gasteiger charge is -2.13. The predicted octanol–water partition coefficient (Wildman–Crippen LogP) is 6.03. The van der Waals surface area contributed by atoms with E-state index in [1.165, 1.54) is 0 Å². The summed E-state index contributed by atoms with van der Waals surface area (Å²) >= 11 is 3.56. The zero-order chi connectivity index (χ0) is 22.5. The van der Waals surface area contributed by atoms with Gasteiger partial charge in [0.2, 0.25) is 0 Å². The van der Waals surface area contributed by atoms with Crippen LogP contribution in [-0.4, -0.2) is 20.2 Å². The molecule has 6 heteroatoms. The summed E-state index contributed by atoms with van der Waals surface area (Å²) in [5, 5.41) is 0.